The molecule has 0 amide bonds. The van der Waals surface area contributed by atoms with Crippen LogP contribution in [0.2, 0.25) is 0 Å². The quantitative estimate of drug-likeness (QED) is 0.653. The molecule has 0 fully saturated rings. The molecule has 0 spiro atoms. The Balaban J connectivity index is 2.43. The Morgan fingerprint density at radius 3 is 2.53 bits per heavy atom. The Kier molecular flexibility index (Phi) is 8.07. The van der Waals surface area contributed by atoms with Crippen LogP contribution in [0, 0.1) is 0 Å². The highest BCUT2D eigenvalue weighted by molar-refractivity contribution is 5.42. The van der Waals surface area contributed by atoms with Crippen LogP contribution < -0.4 is 14.8 Å². The third-order valence-electron chi connectivity index (χ3n) is 3.11. The van der Waals surface area contributed by atoms with Gasteiger partial charge in [-0.3, -0.25) is 0 Å². The van der Waals surface area contributed by atoms with Crippen molar-refractivity contribution in [1.82, 2.24) is 5.32 Å². The number of nitrogens with one attached hydrogen (secondary N) is 1. The summed E-state index contributed by atoms with van der Waals surface area (Å²) in [5.74, 6) is 1.67. The van der Waals surface area contributed by atoms with Gasteiger partial charge in [0.05, 0.1) is 13.7 Å². The van der Waals surface area contributed by atoms with E-state index >= 15 is 0 Å². The summed E-state index contributed by atoms with van der Waals surface area (Å²) in [4.78, 5) is 0. The van der Waals surface area contributed by atoms with Gasteiger partial charge in [-0.15, -0.1) is 0 Å². The van der Waals surface area contributed by atoms with Crippen LogP contribution in [-0.4, -0.2) is 20.8 Å². The van der Waals surface area contributed by atoms with Crippen LogP contribution in [-0.2, 0) is 6.54 Å². The van der Waals surface area contributed by atoms with Crippen LogP contribution >= 0.6 is 0 Å². The van der Waals surface area contributed by atoms with E-state index in [9.17, 15) is 0 Å². The molecule has 0 atom stereocenters. The molecule has 1 aromatic carbocycles. The van der Waals surface area contributed by atoms with Gasteiger partial charge >= 0.3 is 0 Å². The SMILES string of the molecule is CCCCCCCOc1cc(CNC)ccc1OC. The molecule has 0 radical (unpaired) electrons. The number of benzene rings is 1. The van der Waals surface area contributed by atoms with Crippen molar-refractivity contribution in [1.29, 1.82) is 0 Å². The molecule has 1 aromatic rings. The molecule has 0 bridgehead atoms. The van der Waals surface area contributed by atoms with Gasteiger partial charge in [0.25, 0.3) is 0 Å². The Hall–Kier alpha value is -1.22. The lowest BCUT2D eigenvalue weighted by Crippen LogP contribution is -2.06. The lowest BCUT2D eigenvalue weighted by molar-refractivity contribution is 0.284. The van der Waals surface area contributed by atoms with Gasteiger partial charge in [-0.25, -0.2) is 0 Å². The monoisotopic (exact) mass is 265 g/mol. The predicted octanol–water partition coefficient (Wildman–Crippen LogP) is 3.76. The fourth-order valence-electron chi connectivity index (χ4n) is 2.04. The molecule has 19 heavy (non-hydrogen) atoms. The van der Waals surface area contributed by atoms with E-state index in [2.05, 4.69) is 24.4 Å². The van der Waals surface area contributed by atoms with Crippen molar-refractivity contribution in [3.63, 3.8) is 0 Å². The molecule has 0 aliphatic heterocycles. The normalized spacial score (nSPS) is 10.5. The molecule has 0 aliphatic rings. The number of rotatable bonds is 10. The maximum Gasteiger partial charge on any atom is 0.161 e. The van der Waals surface area contributed by atoms with E-state index in [1.54, 1.807) is 7.11 Å². The number of unbranched alkanes of at least 4 members (excludes halogenated alkanes) is 4. The van der Waals surface area contributed by atoms with E-state index in [4.69, 9.17) is 9.47 Å². The molecule has 1 N–H and O–H groups in total. The summed E-state index contributed by atoms with van der Waals surface area (Å²) in [5, 5.41) is 3.14. The van der Waals surface area contributed by atoms with Gasteiger partial charge in [0.1, 0.15) is 0 Å². The summed E-state index contributed by atoms with van der Waals surface area (Å²) < 4.78 is 11.2. The van der Waals surface area contributed by atoms with E-state index in [0.717, 1.165) is 31.1 Å². The zero-order chi connectivity index (χ0) is 13.9. The molecule has 0 aliphatic carbocycles. The summed E-state index contributed by atoms with van der Waals surface area (Å²) in [6.45, 7) is 3.84. The average Bonchev–Trinajstić information content (AvgIpc) is 2.43. The summed E-state index contributed by atoms with van der Waals surface area (Å²) in [7, 11) is 3.62. The minimum absolute atomic E-state index is 0.767. The maximum absolute atomic E-state index is 5.84. The van der Waals surface area contributed by atoms with Crippen LogP contribution in [0.15, 0.2) is 18.2 Å². The van der Waals surface area contributed by atoms with Gasteiger partial charge in [0, 0.05) is 6.54 Å². The number of hydrogen-bond acceptors (Lipinski definition) is 3. The zero-order valence-electron chi connectivity index (χ0n) is 12.5. The number of methoxy groups -OCH3 is 1. The van der Waals surface area contributed by atoms with Crippen molar-refractivity contribution in [2.75, 3.05) is 20.8 Å². The molecule has 0 unspecified atom stereocenters. The molecule has 3 nitrogen and oxygen atoms in total. The van der Waals surface area contributed by atoms with Crippen molar-refractivity contribution < 1.29 is 9.47 Å². The smallest absolute Gasteiger partial charge is 0.161 e. The van der Waals surface area contributed by atoms with Crippen LogP contribution in [0.5, 0.6) is 11.5 Å². The van der Waals surface area contributed by atoms with Crippen LogP contribution in [0.4, 0.5) is 0 Å². The third kappa shape index (κ3) is 5.97. The first-order valence-electron chi connectivity index (χ1n) is 7.26. The maximum atomic E-state index is 5.84. The molecule has 0 heterocycles. The fraction of sp³-hybridized carbons (Fsp3) is 0.625. The molecule has 0 saturated carbocycles. The Morgan fingerprint density at radius 1 is 1.05 bits per heavy atom. The highest BCUT2D eigenvalue weighted by atomic mass is 16.5. The molecular formula is C16H27NO2. The van der Waals surface area contributed by atoms with Crippen molar-refractivity contribution >= 4 is 0 Å². The first-order chi connectivity index (χ1) is 9.31. The van der Waals surface area contributed by atoms with Gasteiger partial charge in [-0.1, -0.05) is 38.7 Å². The first-order valence-corrected chi connectivity index (χ1v) is 7.26. The second-order valence-electron chi connectivity index (χ2n) is 4.78. The zero-order valence-corrected chi connectivity index (χ0v) is 12.5. The van der Waals surface area contributed by atoms with Crippen LogP contribution in [0.3, 0.4) is 0 Å². The minimum Gasteiger partial charge on any atom is -0.493 e. The molecule has 3 heteroatoms. The largest absolute Gasteiger partial charge is 0.493 e. The third-order valence-corrected chi connectivity index (χ3v) is 3.11. The van der Waals surface area contributed by atoms with Crippen LogP contribution in [0.1, 0.15) is 44.6 Å². The lowest BCUT2D eigenvalue weighted by atomic mass is 10.1. The van der Waals surface area contributed by atoms with Gasteiger partial charge in [0.2, 0.25) is 0 Å². The van der Waals surface area contributed by atoms with E-state index in [1.165, 1.54) is 31.2 Å². The second-order valence-corrected chi connectivity index (χ2v) is 4.78. The van der Waals surface area contributed by atoms with Crippen molar-refractivity contribution in [3.05, 3.63) is 23.8 Å². The highest BCUT2D eigenvalue weighted by Crippen LogP contribution is 2.28. The van der Waals surface area contributed by atoms with Gasteiger partial charge in [-0.2, -0.15) is 0 Å². The predicted molar refractivity (Wildman–Crippen MR) is 80.0 cm³/mol. The van der Waals surface area contributed by atoms with Gasteiger partial charge < -0.3 is 14.8 Å². The standard InChI is InChI=1S/C16H27NO2/c1-4-5-6-7-8-11-19-16-12-14(13-17-2)9-10-15(16)18-3/h9-10,12,17H,4-8,11,13H2,1-3H3. The van der Waals surface area contributed by atoms with Crippen LogP contribution in [0.25, 0.3) is 0 Å². The second kappa shape index (κ2) is 9.68. The van der Waals surface area contributed by atoms with E-state index in [1.807, 2.05) is 13.1 Å². The van der Waals surface area contributed by atoms with Gasteiger partial charge in [0.15, 0.2) is 11.5 Å². The molecule has 0 saturated heterocycles. The van der Waals surface area contributed by atoms with E-state index < -0.39 is 0 Å². The Bertz CT molecular complexity index is 353. The average molecular weight is 265 g/mol. The summed E-state index contributed by atoms with van der Waals surface area (Å²) in [5.41, 5.74) is 1.21. The van der Waals surface area contributed by atoms with E-state index in [-0.39, 0.29) is 0 Å². The Morgan fingerprint density at radius 2 is 1.84 bits per heavy atom. The molecule has 108 valence electrons. The molecule has 0 aromatic heterocycles. The molecule has 1 rings (SSSR count). The van der Waals surface area contributed by atoms with Gasteiger partial charge in [-0.05, 0) is 31.2 Å². The summed E-state index contributed by atoms with van der Waals surface area (Å²) in [6.07, 6.45) is 6.25. The minimum atomic E-state index is 0.767. The van der Waals surface area contributed by atoms with Crippen molar-refractivity contribution in [3.8, 4) is 11.5 Å². The van der Waals surface area contributed by atoms with E-state index in [0.29, 0.717) is 0 Å². The van der Waals surface area contributed by atoms with Crippen molar-refractivity contribution in [2.45, 2.75) is 45.6 Å². The molecular weight excluding hydrogens is 238 g/mol. The lowest BCUT2D eigenvalue weighted by Gasteiger charge is -2.12. The number of hydrogen-bond donors (Lipinski definition) is 1. The van der Waals surface area contributed by atoms with Crippen molar-refractivity contribution in [2.24, 2.45) is 0 Å². The summed E-state index contributed by atoms with van der Waals surface area (Å²) in [6, 6.07) is 6.09. The first kappa shape index (κ1) is 15.8. The Labute approximate surface area is 117 Å². The fourth-order valence-corrected chi connectivity index (χ4v) is 2.04. The number of ether oxygens (including phenoxy) is 2. The topological polar surface area (TPSA) is 30.5 Å². The highest BCUT2D eigenvalue weighted by Gasteiger charge is 2.05. The summed E-state index contributed by atoms with van der Waals surface area (Å²) >= 11 is 0.